The Bertz CT molecular complexity index is 1250. The Balaban J connectivity index is 1.74. The first-order valence-corrected chi connectivity index (χ1v) is 9.56. The van der Waals surface area contributed by atoms with Gasteiger partial charge in [-0.1, -0.05) is 42.5 Å². The van der Waals surface area contributed by atoms with E-state index < -0.39 is 0 Å². The number of para-hydroxylation sites is 2. The molecule has 0 amide bonds. The van der Waals surface area contributed by atoms with E-state index in [4.69, 9.17) is 4.98 Å². The summed E-state index contributed by atoms with van der Waals surface area (Å²) >= 11 is 0. The average molecular weight is 365 g/mol. The number of fused-ring (bicyclic) bond motifs is 4. The van der Waals surface area contributed by atoms with Gasteiger partial charge in [-0.3, -0.25) is 9.83 Å². The fraction of sp³-hybridized carbons (Fsp3) is 0.174. The van der Waals surface area contributed by atoms with Crippen molar-refractivity contribution in [2.24, 2.45) is 5.10 Å². The highest BCUT2D eigenvalue weighted by atomic mass is 15.3. The van der Waals surface area contributed by atoms with E-state index in [2.05, 4.69) is 21.0 Å². The van der Waals surface area contributed by atoms with Crippen LogP contribution in [0.4, 0.5) is 5.82 Å². The van der Waals surface area contributed by atoms with Crippen LogP contribution in [0.5, 0.6) is 0 Å². The van der Waals surface area contributed by atoms with E-state index >= 15 is 0 Å². The first kappa shape index (κ1) is 16.5. The predicted octanol–water partition coefficient (Wildman–Crippen LogP) is 4.68. The van der Waals surface area contributed by atoms with Gasteiger partial charge in [0, 0.05) is 0 Å². The number of hydrazone groups is 1. The molecule has 4 aromatic rings. The van der Waals surface area contributed by atoms with Crippen LogP contribution in [0, 0.1) is 11.3 Å². The van der Waals surface area contributed by atoms with Crippen molar-refractivity contribution in [3.8, 4) is 6.07 Å². The minimum atomic E-state index is 0.698. The number of benzene rings is 2. The van der Waals surface area contributed by atoms with E-state index in [1.807, 2.05) is 60.8 Å². The molecule has 0 spiro atoms. The van der Waals surface area contributed by atoms with Crippen LogP contribution >= 0.6 is 0 Å². The zero-order valence-corrected chi connectivity index (χ0v) is 15.4. The summed E-state index contributed by atoms with van der Waals surface area (Å²) in [6, 6.07) is 20.4. The molecule has 5 heteroatoms. The molecular formula is C23H19N5. The lowest BCUT2D eigenvalue weighted by Crippen LogP contribution is -2.13. The molecule has 0 fully saturated rings. The number of hydrogen-bond donors (Lipinski definition) is 1. The van der Waals surface area contributed by atoms with Crippen LogP contribution in [0.2, 0.25) is 0 Å². The Morgan fingerprint density at radius 3 is 2.57 bits per heavy atom. The van der Waals surface area contributed by atoms with E-state index in [9.17, 15) is 5.26 Å². The van der Waals surface area contributed by atoms with Gasteiger partial charge in [0.25, 0.3) is 0 Å². The number of pyridine rings is 1. The fourth-order valence-corrected chi connectivity index (χ4v) is 4.07. The fourth-order valence-electron chi connectivity index (χ4n) is 4.07. The number of hydrogen-bond acceptors (Lipinski definition) is 4. The van der Waals surface area contributed by atoms with Gasteiger partial charge in [-0.05, 0) is 54.5 Å². The van der Waals surface area contributed by atoms with Crippen LogP contribution in [0.3, 0.4) is 0 Å². The van der Waals surface area contributed by atoms with Gasteiger partial charge in [-0.25, -0.2) is 4.98 Å². The van der Waals surface area contributed by atoms with Crippen molar-refractivity contribution in [3.63, 3.8) is 0 Å². The van der Waals surface area contributed by atoms with Gasteiger partial charge in [-0.2, -0.15) is 10.4 Å². The summed E-state index contributed by atoms with van der Waals surface area (Å²) in [6.07, 6.45) is 5.89. The zero-order chi connectivity index (χ0) is 18.9. The molecule has 136 valence electrons. The molecule has 0 aliphatic heterocycles. The third-order valence-electron chi connectivity index (χ3n) is 5.36. The standard InChI is InChI=1S/C23H19N5/c24-14-19-17-10-4-5-11-18(17)23(27-25-15-16-8-2-1-3-9-16)28-21-13-7-6-12-20(21)26-22(19)28/h1-3,6-9,12-13,15,27H,4-5,10-11H2. The Labute approximate surface area is 162 Å². The Morgan fingerprint density at radius 2 is 1.75 bits per heavy atom. The summed E-state index contributed by atoms with van der Waals surface area (Å²) in [4.78, 5) is 4.77. The number of nitriles is 1. The number of aromatic nitrogens is 2. The SMILES string of the molecule is N#Cc1c2c(c(NN=Cc3ccccc3)n3c1nc1ccccc13)CCCC2. The summed E-state index contributed by atoms with van der Waals surface area (Å²) in [6.45, 7) is 0. The smallest absolute Gasteiger partial charge is 0.157 e. The van der Waals surface area contributed by atoms with Crippen LogP contribution in [-0.4, -0.2) is 15.6 Å². The van der Waals surface area contributed by atoms with Gasteiger partial charge in [0.1, 0.15) is 11.9 Å². The zero-order valence-electron chi connectivity index (χ0n) is 15.4. The number of nitrogens with one attached hydrogen (secondary N) is 1. The van der Waals surface area contributed by atoms with Crippen LogP contribution < -0.4 is 5.43 Å². The molecule has 2 heterocycles. The Hall–Kier alpha value is -3.65. The molecule has 0 unspecified atom stereocenters. The van der Waals surface area contributed by atoms with E-state index in [-0.39, 0.29) is 0 Å². The van der Waals surface area contributed by atoms with Crippen molar-refractivity contribution < 1.29 is 0 Å². The van der Waals surface area contributed by atoms with Crippen LogP contribution in [0.15, 0.2) is 59.7 Å². The summed E-state index contributed by atoms with van der Waals surface area (Å²) in [5.41, 5.74) is 9.89. The number of nitrogens with zero attached hydrogens (tertiary/aromatic N) is 4. The van der Waals surface area contributed by atoms with E-state index in [0.29, 0.717) is 11.2 Å². The number of imidazole rings is 1. The summed E-state index contributed by atoms with van der Waals surface area (Å²) in [7, 11) is 0. The van der Waals surface area contributed by atoms with Gasteiger partial charge in [0.15, 0.2) is 5.65 Å². The van der Waals surface area contributed by atoms with Crippen molar-refractivity contribution in [2.75, 3.05) is 5.43 Å². The van der Waals surface area contributed by atoms with E-state index in [0.717, 1.165) is 53.7 Å². The van der Waals surface area contributed by atoms with Crippen LogP contribution in [-0.2, 0) is 12.8 Å². The molecule has 0 bridgehead atoms. The lowest BCUT2D eigenvalue weighted by atomic mass is 9.89. The van der Waals surface area contributed by atoms with Gasteiger partial charge in [0.2, 0.25) is 0 Å². The maximum Gasteiger partial charge on any atom is 0.157 e. The third kappa shape index (κ3) is 2.62. The van der Waals surface area contributed by atoms with Crippen molar-refractivity contribution in [3.05, 3.63) is 76.9 Å². The molecule has 0 radical (unpaired) electrons. The first-order chi connectivity index (χ1) is 13.9. The molecule has 0 atom stereocenters. The molecule has 0 saturated heterocycles. The predicted molar refractivity (Wildman–Crippen MR) is 112 cm³/mol. The molecule has 0 saturated carbocycles. The van der Waals surface area contributed by atoms with Gasteiger partial charge in [-0.15, -0.1) is 0 Å². The third-order valence-corrected chi connectivity index (χ3v) is 5.36. The highest BCUT2D eigenvalue weighted by molar-refractivity contribution is 5.87. The topological polar surface area (TPSA) is 65.5 Å². The summed E-state index contributed by atoms with van der Waals surface area (Å²) in [5, 5.41) is 14.4. The molecular weight excluding hydrogens is 346 g/mol. The quantitative estimate of drug-likeness (QED) is 0.423. The molecule has 5 rings (SSSR count). The molecule has 1 aliphatic rings. The second kappa shape index (κ2) is 6.82. The largest absolute Gasteiger partial charge is 0.276 e. The van der Waals surface area contributed by atoms with E-state index in [1.54, 1.807) is 0 Å². The van der Waals surface area contributed by atoms with E-state index in [1.165, 1.54) is 5.56 Å². The summed E-state index contributed by atoms with van der Waals surface area (Å²) in [5.74, 6) is 0.921. The van der Waals surface area contributed by atoms with Gasteiger partial charge >= 0.3 is 0 Å². The highest BCUT2D eigenvalue weighted by Gasteiger charge is 2.24. The van der Waals surface area contributed by atoms with Crippen molar-refractivity contribution in [2.45, 2.75) is 25.7 Å². The van der Waals surface area contributed by atoms with Crippen LogP contribution in [0.25, 0.3) is 16.7 Å². The Morgan fingerprint density at radius 1 is 1.00 bits per heavy atom. The minimum Gasteiger partial charge on any atom is -0.276 e. The number of rotatable bonds is 3. The van der Waals surface area contributed by atoms with Gasteiger partial charge < -0.3 is 0 Å². The number of anilines is 1. The monoisotopic (exact) mass is 365 g/mol. The summed E-state index contributed by atoms with van der Waals surface area (Å²) < 4.78 is 2.06. The first-order valence-electron chi connectivity index (χ1n) is 9.56. The van der Waals surface area contributed by atoms with Crippen molar-refractivity contribution in [1.82, 2.24) is 9.38 Å². The molecule has 28 heavy (non-hydrogen) atoms. The second-order valence-corrected chi connectivity index (χ2v) is 7.04. The lowest BCUT2D eigenvalue weighted by Gasteiger charge is -2.22. The maximum atomic E-state index is 9.88. The maximum absolute atomic E-state index is 9.88. The molecule has 1 aliphatic carbocycles. The minimum absolute atomic E-state index is 0.698. The molecule has 2 aromatic heterocycles. The normalized spacial score (nSPS) is 13.7. The molecule has 1 N–H and O–H groups in total. The lowest BCUT2D eigenvalue weighted by molar-refractivity contribution is 0.681. The molecule has 2 aromatic carbocycles. The van der Waals surface area contributed by atoms with Crippen LogP contribution in [0.1, 0.15) is 35.1 Å². The second-order valence-electron chi connectivity index (χ2n) is 7.04. The van der Waals surface area contributed by atoms with Crippen molar-refractivity contribution >= 4 is 28.7 Å². The van der Waals surface area contributed by atoms with Gasteiger partial charge in [0.05, 0.1) is 22.8 Å². The average Bonchev–Trinajstić information content (AvgIpc) is 3.13. The Kier molecular flexibility index (Phi) is 4.02. The van der Waals surface area contributed by atoms with Crippen molar-refractivity contribution in [1.29, 1.82) is 5.26 Å². The highest BCUT2D eigenvalue weighted by Crippen LogP contribution is 2.35. The molecule has 5 nitrogen and oxygen atoms in total.